The summed E-state index contributed by atoms with van der Waals surface area (Å²) < 4.78 is 92.3. The first-order valence-corrected chi connectivity index (χ1v) is 12.5. The molecule has 228 valence electrons. The Morgan fingerprint density at radius 3 is 1.08 bits per heavy atom. The van der Waals surface area contributed by atoms with Gasteiger partial charge in [-0.2, -0.15) is 0 Å². The van der Waals surface area contributed by atoms with E-state index in [1.165, 1.54) is 0 Å². The van der Waals surface area contributed by atoms with E-state index in [1.807, 2.05) is 0 Å². The summed E-state index contributed by atoms with van der Waals surface area (Å²) in [5.74, 6) is 0. The van der Waals surface area contributed by atoms with Crippen molar-refractivity contribution in [1.82, 2.24) is 0 Å². The summed E-state index contributed by atoms with van der Waals surface area (Å²) in [7, 11) is -0.333. The maximum Gasteiger partial charge on any atom is 0.293 e. The van der Waals surface area contributed by atoms with Crippen LogP contribution in [0.5, 0.6) is 0 Å². The molecule has 0 unspecified atom stereocenters. The van der Waals surface area contributed by atoms with E-state index < -0.39 is 11.9 Å². The van der Waals surface area contributed by atoms with Crippen LogP contribution in [0.2, 0.25) is 0 Å². The van der Waals surface area contributed by atoms with Crippen LogP contribution in [0.1, 0.15) is 5.48 Å². The average molecular weight is 563 g/mol. The van der Waals surface area contributed by atoms with Gasteiger partial charge < -0.3 is 56.8 Å². The highest BCUT2D eigenvalue weighted by Crippen LogP contribution is 2.21. The SMILES string of the molecule is [2H]COCCOCCOCC(COCCOCCOC[2H])(COCCOCCOC[2H])COCCOCCOC([2H])=O. The molecule has 38 heavy (non-hydrogen) atoms. The van der Waals surface area contributed by atoms with Gasteiger partial charge in [0.2, 0.25) is 0 Å². The van der Waals surface area contributed by atoms with Crippen molar-refractivity contribution in [3.05, 3.63) is 0 Å². The standard InChI is InChI=1S/C25H50O13/c1-27-4-7-30-10-15-34-20-25(21-35-16-11-31-8-5-28-2,22-36-17-12-32-9-6-29-3)23-37-18-13-33-14-19-38-24-26/h24H,4-23H2,1-3H3/i1D,2D,3D,24D. The van der Waals surface area contributed by atoms with Crippen molar-refractivity contribution in [2.24, 2.45) is 5.41 Å². The minimum Gasteiger partial charge on any atom is -0.465 e. The second-order valence-electron chi connectivity index (χ2n) is 7.82. The minimum atomic E-state index is -1.11. The highest BCUT2D eigenvalue weighted by atomic mass is 16.6. The van der Waals surface area contributed by atoms with Gasteiger partial charge in [-0.1, -0.05) is 0 Å². The molecule has 0 spiro atoms. The van der Waals surface area contributed by atoms with Gasteiger partial charge in [-0.05, 0) is 0 Å². The quantitative estimate of drug-likeness (QED) is 0.0820. The Hall–Kier alpha value is -0.970. The summed E-state index contributed by atoms with van der Waals surface area (Å²) in [5, 5.41) is 0. The van der Waals surface area contributed by atoms with Gasteiger partial charge in [-0.3, -0.25) is 4.79 Å². The molecule has 0 radical (unpaired) electrons. The third-order valence-corrected chi connectivity index (χ3v) is 4.63. The average Bonchev–Trinajstić information content (AvgIpc) is 2.98. The van der Waals surface area contributed by atoms with Crippen LogP contribution in [-0.4, -0.2) is 160 Å². The van der Waals surface area contributed by atoms with E-state index in [0.717, 1.165) is 0 Å². The van der Waals surface area contributed by atoms with Crippen LogP contribution in [0.3, 0.4) is 0 Å². The third kappa shape index (κ3) is 25.3. The zero-order chi connectivity index (χ0) is 30.8. The molecule has 0 aromatic rings. The molecular weight excluding hydrogens is 508 g/mol. The maximum atomic E-state index is 10.5. The number of ether oxygens (including phenoxy) is 12. The molecule has 0 aromatic carbocycles. The van der Waals surface area contributed by atoms with Crippen LogP contribution in [0.4, 0.5) is 0 Å². The highest BCUT2D eigenvalue weighted by molar-refractivity contribution is 5.36. The third-order valence-electron chi connectivity index (χ3n) is 4.63. The molecule has 0 N–H and O–H groups in total. The van der Waals surface area contributed by atoms with Crippen LogP contribution in [-0.2, 0) is 61.6 Å². The number of carbonyl (C=O) groups excluding carboxylic acids is 1. The van der Waals surface area contributed by atoms with Crippen molar-refractivity contribution in [2.75, 3.05) is 153 Å². The Bertz CT molecular complexity index is 520. The number of methoxy groups -OCH3 is 3. The molecule has 0 bridgehead atoms. The second-order valence-corrected chi connectivity index (χ2v) is 7.82. The Morgan fingerprint density at radius 2 is 0.763 bits per heavy atom. The van der Waals surface area contributed by atoms with E-state index in [1.54, 1.807) is 0 Å². The van der Waals surface area contributed by atoms with Crippen LogP contribution in [0.25, 0.3) is 0 Å². The van der Waals surface area contributed by atoms with Gasteiger partial charge in [0.1, 0.15) is 6.61 Å². The molecule has 0 atom stereocenters. The predicted octanol–water partition coefficient (Wildman–Crippen LogP) is 0.218. The monoisotopic (exact) mass is 562 g/mol. The molecular formula is C25H50O13. The van der Waals surface area contributed by atoms with E-state index >= 15 is 0 Å². The second kappa shape index (κ2) is 30.6. The zero-order valence-corrected chi connectivity index (χ0v) is 22.6. The van der Waals surface area contributed by atoms with Crippen molar-refractivity contribution in [3.63, 3.8) is 0 Å². The topological polar surface area (TPSA) is 128 Å². The van der Waals surface area contributed by atoms with Gasteiger partial charge in [0.25, 0.3) is 6.45 Å². The molecule has 0 aliphatic rings. The lowest BCUT2D eigenvalue weighted by Crippen LogP contribution is -2.43. The van der Waals surface area contributed by atoms with E-state index in [9.17, 15) is 4.79 Å². The fraction of sp³-hybridized carbons (Fsp3) is 0.960. The summed E-state index contributed by atoms with van der Waals surface area (Å²) >= 11 is 0. The van der Waals surface area contributed by atoms with Crippen molar-refractivity contribution >= 4 is 6.45 Å². The van der Waals surface area contributed by atoms with Crippen LogP contribution in [0, 0.1) is 5.41 Å². The molecule has 0 amide bonds. The predicted molar refractivity (Wildman–Crippen MR) is 137 cm³/mol. The molecule has 0 aromatic heterocycles. The summed E-state index contributed by atoms with van der Waals surface area (Å²) in [4.78, 5) is 10.5. The Kier molecular flexibility index (Phi) is 24.1. The fourth-order valence-electron chi connectivity index (χ4n) is 2.78. The van der Waals surface area contributed by atoms with Gasteiger partial charge >= 0.3 is 0 Å². The Labute approximate surface area is 233 Å². The summed E-state index contributed by atoms with van der Waals surface area (Å²) in [6, 6.07) is 0. The lowest BCUT2D eigenvalue weighted by molar-refractivity contribution is -0.131. The highest BCUT2D eigenvalue weighted by Gasteiger charge is 2.32. The minimum absolute atomic E-state index is 0.00624. The summed E-state index contributed by atoms with van der Waals surface area (Å²) in [6.45, 7) is 5.73. The fourth-order valence-corrected chi connectivity index (χ4v) is 2.78. The number of rotatable bonds is 32. The molecule has 13 heteroatoms. The van der Waals surface area contributed by atoms with E-state index in [4.69, 9.17) is 57.6 Å². The molecule has 13 nitrogen and oxygen atoms in total. The maximum absolute atomic E-state index is 10.5. The largest absolute Gasteiger partial charge is 0.465 e. The van der Waals surface area contributed by atoms with Crippen LogP contribution in [0.15, 0.2) is 0 Å². The molecule has 0 saturated carbocycles. The van der Waals surface area contributed by atoms with E-state index in [2.05, 4.69) is 4.74 Å². The smallest absolute Gasteiger partial charge is 0.293 e. The van der Waals surface area contributed by atoms with E-state index in [-0.39, 0.29) is 74.1 Å². The lowest BCUT2D eigenvalue weighted by atomic mass is 9.92. The first kappa shape index (κ1) is 30.0. The van der Waals surface area contributed by atoms with Crippen molar-refractivity contribution in [3.8, 4) is 0 Å². The van der Waals surface area contributed by atoms with Gasteiger partial charge in [-0.25, -0.2) is 0 Å². The zero-order valence-electron chi connectivity index (χ0n) is 26.6. The van der Waals surface area contributed by atoms with Gasteiger partial charge in [0, 0.05) is 21.3 Å². The Morgan fingerprint density at radius 1 is 0.474 bits per heavy atom. The molecule has 0 heterocycles. The van der Waals surface area contributed by atoms with Gasteiger partial charge in [-0.15, -0.1) is 0 Å². The molecule has 0 aliphatic heterocycles. The lowest BCUT2D eigenvalue weighted by Gasteiger charge is -2.33. The van der Waals surface area contributed by atoms with Crippen LogP contribution >= 0.6 is 0 Å². The molecule has 0 rings (SSSR count). The Balaban J connectivity index is 4.85. The normalized spacial score (nSPS) is 13.2. The number of hydrogen-bond donors (Lipinski definition) is 0. The molecule has 0 saturated heterocycles. The van der Waals surface area contributed by atoms with Gasteiger partial charge in [0.15, 0.2) is 1.37 Å². The first-order valence-electron chi connectivity index (χ1n) is 15.1. The van der Waals surface area contributed by atoms with Gasteiger partial charge in [0.05, 0.1) is 135 Å². The van der Waals surface area contributed by atoms with Crippen molar-refractivity contribution in [1.29, 1.82) is 0 Å². The molecule has 0 fully saturated rings. The first-order chi connectivity index (χ1) is 20.6. The number of hydrogen-bond acceptors (Lipinski definition) is 13. The van der Waals surface area contributed by atoms with Crippen molar-refractivity contribution in [2.45, 2.75) is 0 Å². The molecule has 0 aliphatic carbocycles. The van der Waals surface area contributed by atoms with E-state index in [0.29, 0.717) is 79.3 Å². The van der Waals surface area contributed by atoms with Crippen LogP contribution < -0.4 is 0 Å². The summed E-state index contributed by atoms with van der Waals surface area (Å²) in [6.07, 6.45) is -1.11. The summed E-state index contributed by atoms with van der Waals surface area (Å²) in [5.41, 5.74) is -0.683. The van der Waals surface area contributed by atoms with Crippen molar-refractivity contribution < 1.29 is 67.1 Å². The number of carbonyl (C=O) groups is 1.